The molecule has 0 aliphatic carbocycles. The van der Waals surface area contributed by atoms with Gasteiger partial charge in [-0.15, -0.1) is 0 Å². The summed E-state index contributed by atoms with van der Waals surface area (Å²) in [5.74, 6) is 1.32. The van der Waals surface area contributed by atoms with Gasteiger partial charge in [-0.05, 0) is 19.1 Å². The number of benzene rings is 2. The Morgan fingerprint density at radius 1 is 1.11 bits per heavy atom. The number of rotatable bonds is 5. The van der Waals surface area contributed by atoms with Gasteiger partial charge in [0.05, 0.1) is 18.8 Å². The summed E-state index contributed by atoms with van der Waals surface area (Å²) in [4.78, 5) is 12.9. The van der Waals surface area contributed by atoms with Crippen LogP contribution in [0.25, 0.3) is 11.3 Å². The Labute approximate surface area is 162 Å². The first-order chi connectivity index (χ1) is 13.7. The van der Waals surface area contributed by atoms with Crippen molar-refractivity contribution in [3.8, 4) is 22.8 Å². The molecule has 0 fully saturated rings. The van der Waals surface area contributed by atoms with E-state index in [4.69, 9.17) is 9.47 Å². The van der Waals surface area contributed by atoms with E-state index in [-0.39, 0.29) is 19.1 Å². The molecule has 2 aromatic carbocycles. The van der Waals surface area contributed by atoms with Crippen molar-refractivity contribution in [2.24, 2.45) is 0 Å². The summed E-state index contributed by atoms with van der Waals surface area (Å²) >= 11 is 0. The van der Waals surface area contributed by atoms with E-state index in [9.17, 15) is 9.90 Å². The number of para-hydroxylation sites is 2. The summed E-state index contributed by atoms with van der Waals surface area (Å²) in [6.07, 6.45) is -1.25. The van der Waals surface area contributed by atoms with Crippen LogP contribution >= 0.6 is 0 Å². The average Bonchev–Trinajstić information content (AvgIpc) is 3.11. The van der Waals surface area contributed by atoms with Crippen LogP contribution in [-0.4, -0.2) is 39.6 Å². The molecule has 0 radical (unpaired) electrons. The molecular weight excluding hydrogens is 358 g/mol. The van der Waals surface area contributed by atoms with E-state index in [0.717, 1.165) is 5.56 Å². The number of ether oxygens (including phenoxy) is 2. The van der Waals surface area contributed by atoms with Crippen molar-refractivity contribution < 1.29 is 19.4 Å². The molecule has 3 aromatic rings. The number of anilines is 1. The molecule has 7 heteroatoms. The third kappa shape index (κ3) is 3.57. The normalized spacial score (nSPS) is 17.9. The van der Waals surface area contributed by atoms with Gasteiger partial charge in [-0.3, -0.25) is 4.79 Å². The molecule has 1 aromatic heterocycles. The van der Waals surface area contributed by atoms with Crippen molar-refractivity contribution in [2.75, 3.05) is 11.9 Å². The van der Waals surface area contributed by atoms with Crippen molar-refractivity contribution >= 4 is 11.7 Å². The van der Waals surface area contributed by atoms with Crippen LogP contribution in [0.1, 0.15) is 6.92 Å². The van der Waals surface area contributed by atoms with Crippen LogP contribution in [-0.2, 0) is 11.3 Å². The topological polar surface area (TPSA) is 85.6 Å². The van der Waals surface area contributed by atoms with Crippen molar-refractivity contribution in [1.29, 1.82) is 0 Å². The molecule has 0 saturated heterocycles. The molecular formula is C21H21N3O4. The smallest absolute Gasteiger partial charge is 0.270 e. The van der Waals surface area contributed by atoms with E-state index >= 15 is 0 Å². The van der Waals surface area contributed by atoms with Crippen LogP contribution in [0.4, 0.5) is 5.82 Å². The molecule has 0 unspecified atom stereocenters. The Morgan fingerprint density at radius 3 is 2.50 bits per heavy atom. The molecule has 28 heavy (non-hydrogen) atoms. The summed E-state index contributed by atoms with van der Waals surface area (Å²) in [6.45, 7) is 1.97. The predicted octanol–water partition coefficient (Wildman–Crippen LogP) is 2.71. The minimum Gasteiger partial charge on any atom is -0.482 e. The highest BCUT2D eigenvalue weighted by molar-refractivity contribution is 5.94. The van der Waals surface area contributed by atoms with Crippen LogP contribution in [0.15, 0.2) is 60.7 Å². The van der Waals surface area contributed by atoms with Crippen molar-refractivity contribution in [3.63, 3.8) is 0 Å². The molecule has 1 amide bonds. The first-order valence-corrected chi connectivity index (χ1v) is 9.13. The fourth-order valence-corrected chi connectivity index (χ4v) is 3.14. The molecule has 1 aliphatic rings. The van der Waals surface area contributed by atoms with Gasteiger partial charge in [-0.2, -0.15) is 5.10 Å². The number of amides is 1. The second-order valence-electron chi connectivity index (χ2n) is 6.52. The molecule has 2 heterocycles. The van der Waals surface area contributed by atoms with Gasteiger partial charge in [0.2, 0.25) is 6.10 Å². The first kappa shape index (κ1) is 18.1. The van der Waals surface area contributed by atoms with Crippen molar-refractivity contribution in [2.45, 2.75) is 25.7 Å². The Morgan fingerprint density at radius 2 is 1.79 bits per heavy atom. The molecule has 2 atom stereocenters. The van der Waals surface area contributed by atoms with Gasteiger partial charge in [0.25, 0.3) is 5.91 Å². The zero-order valence-corrected chi connectivity index (χ0v) is 15.4. The lowest BCUT2D eigenvalue weighted by Crippen LogP contribution is -2.46. The summed E-state index contributed by atoms with van der Waals surface area (Å²) in [6, 6.07) is 18.7. The number of nitrogens with one attached hydrogen (secondary N) is 1. The lowest BCUT2D eigenvalue weighted by Gasteiger charge is -2.30. The Hall–Kier alpha value is -3.32. The number of carbonyl (C=O) groups is 1. The lowest BCUT2D eigenvalue weighted by molar-refractivity contribution is -0.128. The van der Waals surface area contributed by atoms with E-state index in [2.05, 4.69) is 10.4 Å². The molecule has 0 saturated carbocycles. The molecule has 7 nitrogen and oxygen atoms in total. The number of carbonyl (C=O) groups excluding carboxylic acids is 1. The minimum atomic E-state index is -0.799. The number of aliphatic hydroxyl groups is 1. The summed E-state index contributed by atoms with van der Waals surface area (Å²) in [5.41, 5.74) is 1.64. The van der Waals surface area contributed by atoms with Gasteiger partial charge in [0.1, 0.15) is 11.9 Å². The van der Waals surface area contributed by atoms with Crippen LogP contribution in [0.5, 0.6) is 11.5 Å². The van der Waals surface area contributed by atoms with Gasteiger partial charge < -0.3 is 19.9 Å². The van der Waals surface area contributed by atoms with Gasteiger partial charge in [-0.1, -0.05) is 42.5 Å². The summed E-state index contributed by atoms with van der Waals surface area (Å²) in [7, 11) is 0. The second kappa shape index (κ2) is 7.74. The summed E-state index contributed by atoms with van der Waals surface area (Å²) < 4.78 is 13.2. The van der Waals surface area contributed by atoms with Gasteiger partial charge >= 0.3 is 0 Å². The molecule has 4 rings (SSSR count). The molecule has 2 N–H and O–H groups in total. The Balaban J connectivity index is 1.56. The molecule has 144 valence electrons. The van der Waals surface area contributed by atoms with Gasteiger partial charge in [-0.25, -0.2) is 4.68 Å². The largest absolute Gasteiger partial charge is 0.482 e. The molecule has 0 spiro atoms. The van der Waals surface area contributed by atoms with Crippen molar-refractivity contribution in [3.05, 3.63) is 60.7 Å². The molecule has 1 aliphatic heterocycles. The highest BCUT2D eigenvalue weighted by atomic mass is 16.6. The van der Waals surface area contributed by atoms with E-state index in [1.54, 1.807) is 23.7 Å². The van der Waals surface area contributed by atoms with Crippen LogP contribution < -0.4 is 14.8 Å². The van der Waals surface area contributed by atoms with E-state index < -0.39 is 12.2 Å². The maximum absolute atomic E-state index is 12.9. The SMILES string of the molecule is C[C@H]1Oc2ccccc2O[C@@H]1C(=O)Nc1cc(-c2ccccc2)nn1CCO. The predicted molar refractivity (Wildman–Crippen MR) is 104 cm³/mol. The second-order valence-corrected chi connectivity index (χ2v) is 6.52. The van der Waals surface area contributed by atoms with Crippen LogP contribution in [0.3, 0.4) is 0 Å². The number of fused-ring (bicyclic) bond motifs is 1. The van der Waals surface area contributed by atoms with Gasteiger partial charge in [0, 0.05) is 11.6 Å². The molecule has 0 bridgehead atoms. The highest BCUT2D eigenvalue weighted by Gasteiger charge is 2.34. The van der Waals surface area contributed by atoms with Crippen molar-refractivity contribution in [1.82, 2.24) is 9.78 Å². The number of hydrogen-bond donors (Lipinski definition) is 2. The standard InChI is InChI=1S/C21H21N3O4/c1-14-20(28-18-10-6-5-9-17(18)27-14)21(26)22-19-13-16(23-24(19)11-12-25)15-7-3-2-4-8-15/h2-10,13-14,20,25H,11-12H2,1H3,(H,22,26)/t14-,20+/m1/s1. The summed E-state index contributed by atoms with van der Waals surface area (Å²) in [5, 5.41) is 16.7. The van der Waals surface area contributed by atoms with E-state index in [1.165, 1.54) is 0 Å². The quantitative estimate of drug-likeness (QED) is 0.712. The number of aliphatic hydroxyl groups excluding tert-OH is 1. The maximum Gasteiger partial charge on any atom is 0.270 e. The monoisotopic (exact) mass is 379 g/mol. The maximum atomic E-state index is 12.9. The minimum absolute atomic E-state index is 0.0917. The van der Waals surface area contributed by atoms with E-state index in [0.29, 0.717) is 23.0 Å². The van der Waals surface area contributed by atoms with Crippen LogP contribution in [0, 0.1) is 0 Å². The van der Waals surface area contributed by atoms with Crippen LogP contribution in [0.2, 0.25) is 0 Å². The third-order valence-corrected chi connectivity index (χ3v) is 4.51. The fraction of sp³-hybridized carbons (Fsp3) is 0.238. The third-order valence-electron chi connectivity index (χ3n) is 4.51. The first-order valence-electron chi connectivity index (χ1n) is 9.13. The Kier molecular flexibility index (Phi) is 4.99. The number of aromatic nitrogens is 2. The highest BCUT2D eigenvalue weighted by Crippen LogP contribution is 2.33. The Bertz CT molecular complexity index is 971. The average molecular weight is 379 g/mol. The zero-order valence-electron chi connectivity index (χ0n) is 15.4. The lowest BCUT2D eigenvalue weighted by atomic mass is 10.1. The van der Waals surface area contributed by atoms with Gasteiger partial charge in [0.15, 0.2) is 11.5 Å². The number of hydrogen-bond acceptors (Lipinski definition) is 5. The fourth-order valence-electron chi connectivity index (χ4n) is 3.14. The number of nitrogens with zero attached hydrogens (tertiary/aromatic N) is 2. The zero-order chi connectivity index (χ0) is 19.5. The van der Waals surface area contributed by atoms with E-state index in [1.807, 2.05) is 48.5 Å².